The largest absolute Gasteiger partial charge is 0.493 e. The van der Waals surface area contributed by atoms with E-state index >= 15 is 0 Å². The number of ether oxygens (including phenoxy) is 1. The van der Waals surface area contributed by atoms with Crippen LogP contribution in [0.3, 0.4) is 0 Å². The van der Waals surface area contributed by atoms with E-state index in [1.807, 2.05) is 58.5 Å². The van der Waals surface area contributed by atoms with Gasteiger partial charge in [0.1, 0.15) is 5.75 Å². The predicted molar refractivity (Wildman–Crippen MR) is 119 cm³/mol. The Balaban J connectivity index is 1.46. The van der Waals surface area contributed by atoms with Crippen molar-refractivity contribution in [1.82, 2.24) is 9.80 Å². The first-order valence-corrected chi connectivity index (χ1v) is 11.7. The molecule has 0 spiro atoms. The number of rotatable bonds is 5. The SMILES string of the molecule is CC(=O)N1CCC([C@@H]2CN(C(=O)c3sccc3C)C[C@H]2COc2ccccc2)CC1. The summed E-state index contributed by atoms with van der Waals surface area (Å²) in [7, 11) is 0. The molecule has 2 fully saturated rings. The Morgan fingerprint density at radius 3 is 2.43 bits per heavy atom. The second-order valence-corrected chi connectivity index (χ2v) is 9.45. The van der Waals surface area contributed by atoms with Gasteiger partial charge in [-0.2, -0.15) is 0 Å². The average Bonchev–Trinajstić information content (AvgIpc) is 3.39. The molecule has 1 aromatic heterocycles. The highest BCUT2D eigenvalue weighted by Gasteiger charge is 2.41. The van der Waals surface area contributed by atoms with Crippen LogP contribution in [0.5, 0.6) is 5.75 Å². The molecule has 2 aliphatic rings. The van der Waals surface area contributed by atoms with E-state index in [1.165, 1.54) is 11.3 Å². The Morgan fingerprint density at radius 1 is 1.07 bits per heavy atom. The molecule has 30 heavy (non-hydrogen) atoms. The number of nitrogens with zero attached hydrogens (tertiary/aromatic N) is 2. The van der Waals surface area contributed by atoms with Crippen LogP contribution in [-0.2, 0) is 4.79 Å². The average molecular weight is 427 g/mol. The highest BCUT2D eigenvalue weighted by molar-refractivity contribution is 7.12. The predicted octanol–water partition coefficient (Wildman–Crippen LogP) is 4.08. The molecule has 160 valence electrons. The minimum absolute atomic E-state index is 0.149. The monoisotopic (exact) mass is 426 g/mol. The number of amides is 2. The van der Waals surface area contributed by atoms with Gasteiger partial charge in [-0.1, -0.05) is 18.2 Å². The summed E-state index contributed by atoms with van der Waals surface area (Å²) < 4.78 is 6.11. The van der Waals surface area contributed by atoms with E-state index < -0.39 is 0 Å². The first kappa shape index (κ1) is 20.9. The van der Waals surface area contributed by atoms with Crippen molar-refractivity contribution in [3.05, 3.63) is 52.2 Å². The smallest absolute Gasteiger partial charge is 0.264 e. The summed E-state index contributed by atoms with van der Waals surface area (Å²) >= 11 is 1.53. The zero-order chi connectivity index (χ0) is 21.1. The quantitative estimate of drug-likeness (QED) is 0.724. The van der Waals surface area contributed by atoms with Crippen LogP contribution >= 0.6 is 11.3 Å². The Morgan fingerprint density at radius 2 is 1.80 bits per heavy atom. The van der Waals surface area contributed by atoms with Gasteiger partial charge in [0.25, 0.3) is 5.91 Å². The van der Waals surface area contributed by atoms with Crippen LogP contribution < -0.4 is 4.74 Å². The van der Waals surface area contributed by atoms with Crippen LogP contribution in [0.15, 0.2) is 41.8 Å². The fourth-order valence-corrected chi connectivity index (χ4v) is 5.76. The van der Waals surface area contributed by atoms with Crippen molar-refractivity contribution in [2.75, 3.05) is 32.8 Å². The van der Waals surface area contributed by atoms with Crippen molar-refractivity contribution in [1.29, 1.82) is 0 Å². The number of carbonyl (C=O) groups excluding carboxylic acids is 2. The Hall–Kier alpha value is -2.34. The van der Waals surface area contributed by atoms with Crippen molar-refractivity contribution in [2.24, 2.45) is 17.8 Å². The van der Waals surface area contributed by atoms with Gasteiger partial charge in [-0.15, -0.1) is 11.3 Å². The van der Waals surface area contributed by atoms with Gasteiger partial charge in [0.2, 0.25) is 5.91 Å². The third-order valence-electron chi connectivity index (χ3n) is 6.63. The highest BCUT2D eigenvalue weighted by Crippen LogP contribution is 2.37. The molecule has 1 aromatic carbocycles. The molecule has 2 saturated heterocycles. The van der Waals surface area contributed by atoms with Crippen LogP contribution in [-0.4, -0.2) is 54.4 Å². The van der Waals surface area contributed by atoms with Gasteiger partial charge >= 0.3 is 0 Å². The lowest BCUT2D eigenvalue weighted by atomic mass is 9.78. The zero-order valence-electron chi connectivity index (χ0n) is 17.8. The maximum atomic E-state index is 13.2. The minimum Gasteiger partial charge on any atom is -0.493 e. The zero-order valence-corrected chi connectivity index (χ0v) is 18.6. The number of thiophene rings is 1. The maximum Gasteiger partial charge on any atom is 0.264 e. The Bertz CT molecular complexity index is 874. The fraction of sp³-hybridized carbons (Fsp3) is 0.500. The van der Waals surface area contributed by atoms with Crippen molar-refractivity contribution in [3.8, 4) is 5.75 Å². The second-order valence-electron chi connectivity index (χ2n) is 8.53. The lowest BCUT2D eigenvalue weighted by Gasteiger charge is -2.36. The summed E-state index contributed by atoms with van der Waals surface area (Å²) in [6, 6.07) is 11.9. The molecule has 0 radical (unpaired) electrons. The molecule has 5 nitrogen and oxygen atoms in total. The van der Waals surface area contributed by atoms with Gasteiger partial charge in [0.15, 0.2) is 0 Å². The Kier molecular flexibility index (Phi) is 6.42. The highest BCUT2D eigenvalue weighted by atomic mass is 32.1. The number of piperidine rings is 1. The molecule has 6 heteroatoms. The summed E-state index contributed by atoms with van der Waals surface area (Å²) in [6.45, 7) is 7.43. The lowest BCUT2D eigenvalue weighted by molar-refractivity contribution is -0.130. The number of hydrogen-bond acceptors (Lipinski definition) is 4. The van der Waals surface area contributed by atoms with Gasteiger partial charge in [-0.05, 0) is 60.7 Å². The van der Waals surface area contributed by atoms with Gasteiger partial charge in [0.05, 0.1) is 11.5 Å². The standard InChI is InChI=1S/C24H30N2O3S/c1-17-10-13-30-23(17)24(28)26-14-20(16-29-21-6-4-3-5-7-21)22(15-26)19-8-11-25(12-9-19)18(2)27/h3-7,10,13,19-20,22H,8-9,11-12,14-16H2,1-2H3/t20-,22-/m0/s1. The molecule has 0 unspecified atom stereocenters. The minimum atomic E-state index is 0.149. The summed E-state index contributed by atoms with van der Waals surface area (Å²) in [5.41, 5.74) is 1.06. The number of para-hydroxylation sites is 1. The van der Waals surface area contributed by atoms with Crippen LogP contribution in [0.2, 0.25) is 0 Å². The van der Waals surface area contributed by atoms with E-state index in [-0.39, 0.29) is 11.8 Å². The summed E-state index contributed by atoms with van der Waals surface area (Å²) in [5, 5.41) is 1.99. The number of likely N-dealkylation sites (tertiary alicyclic amines) is 2. The molecule has 4 rings (SSSR count). The fourth-order valence-electron chi connectivity index (χ4n) is 4.87. The van der Waals surface area contributed by atoms with Crippen molar-refractivity contribution in [2.45, 2.75) is 26.7 Å². The topological polar surface area (TPSA) is 49.9 Å². The van der Waals surface area contributed by atoms with E-state index in [1.54, 1.807) is 6.92 Å². The third-order valence-corrected chi connectivity index (χ3v) is 7.64. The van der Waals surface area contributed by atoms with E-state index in [9.17, 15) is 9.59 Å². The molecule has 2 atom stereocenters. The van der Waals surface area contributed by atoms with E-state index in [0.717, 1.165) is 55.2 Å². The van der Waals surface area contributed by atoms with Crippen LogP contribution in [0.25, 0.3) is 0 Å². The van der Waals surface area contributed by atoms with Gasteiger partial charge in [0, 0.05) is 39.0 Å². The molecule has 0 bridgehead atoms. The second kappa shape index (κ2) is 9.21. The molecular formula is C24H30N2O3S. The van der Waals surface area contributed by atoms with E-state index in [0.29, 0.717) is 24.4 Å². The Labute approximate surface area is 182 Å². The summed E-state index contributed by atoms with van der Waals surface area (Å²) in [4.78, 5) is 29.7. The molecule has 0 saturated carbocycles. The molecular weight excluding hydrogens is 396 g/mol. The van der Waals surface area contributed by atoms with Gasteiger partial charge < -0.3 is 14.5 Å². The van der Waals surface area contributed by atoms with E-state index in [4.69, 9.17) is 4.74 Å². The molecule has 0 N–H and O–H groups in total. The maximum absolute atomic E-state index is 13.2. The molecule has 3 heterocycles. The number of aryl methyl sites for hydroxylation is 1. The van der Waals surface area contributed by atoms with E-state index in [2.05, 4.69) is 0 Å². The molecule has 2 amide bonds. The third kappa shape index (κ3) is 4.53. The summed E-state index contributed by atoms with van der Waals surface area (Å²) in [5.74, 6) is 2.42. The number of hydrogen-bond donors (Lipinski definition) is 0. The van der Waals surface area contributed by atoms with Gasteiger partial charge in [-0.3, -0.25) is 9.59 Å². The number of benzene rings is 1. The van der Waals surface area contributed by atoms with Gasteiger partial charge in [-0.25, -0.2) is 0 Å². The van der Waals surface area contributed by atoms with Crippen molar-refractivity contribution in [3.63, 3.8) is 0 Å². The molecule has 2 aromatic rings. The molecule has 0 aliphatic carbocycles. The van der Waals surface area contributed by atoms with Crippen LogP contribution in [0, 0.1) is 24.7 Å². The van der Waals surface area contributed by atoms with Crippen molar-refractivity contribution >= 4 is 23.2 Å². The summed E-state index contributed by atoms with van der Waals surface area (Å²) in [6.07, 6.45) is 2.01. The van der Waals surface area contributed by atoms with Crippen LogP contribution in [0.4, 0.5) is 0 Å². The molecule has 2 aliphatic heterocycles. The van der Waals surface area contributed by atoms with Crippen LogP contribution in [0.1, 0.15) is 35.0 Å². The first-order chi connectivity index (χ1) is 14.5. The normalized spacial score (nSPS) is 22.3. The lowest BCUT2D eigenvalue weighted by Crippen LogP contribution is -2.40. The first-order valence-electron chi connectivity index (χ1n) is 10.8. The van der Waals surface area contributed by atoms with Crippen molar-refractivity contribution < 1.29 is 14.3 Å². The number of carbonyl (C=O) groups is 2.